The summed E-state index contributed by atoms with van der Waals surface area (Å²) in [6.07, 6.45) is 0.653. The van der Waals surface area contributed by atoms with Crippen molar-refractivity contribution in [2.45, 2.75) is 39.7 Å². The Morgan fingerprint density at radius 3 is 2.62 bits per heavy atom. The summed E-state index contributed by atoms with van der Waals surface area (Å²) in [5.41, 5.74) is -0.807. The van der Waals surface area contributed by atoms with Crippen LogP contribution in [0.5, 0.6) is 0 Å². The van der Waals surface area contributed by atoms with Gasteiger partial charge in [-0.05, 0) is 27.2 Å². The molecule has 1 saturated heterocycles. The Bertz CT molecular complexity index is 265. The molecule has 1 N–H and O–H groups in total. The van der Waals surface area contributed by atoms with Gasteiger partial charge in [0.15, 0.2) is 0 Å². The first kappa shape index (κ1) is 13.5. The summed E-state index contributed by atoms with van der Waals surface area (Å²) < 4.78 is 5.62. The summed E-state index contributed by atoms with van der Waals surface area (Å²) in [5, 5.41) is 9.24. The number of ether oxygens (including phenoxy) is 1. The molecule has 1 aliphatic rings. The molecule has 0 saturated carbocycles. The second kappa shape index (κ2) is 4.72. The summed E-state index contributed by atoms with van der Waals surface area (Å²) in [5.74, 6) is -0.709. The van der Waals surface area contributed by atoms with E-state index in [0.29, 0.717) is 19.6 Å². The fraction of sp³-hybridized carbons (Fsp3) is 0.917. The van der Waals surface area contributed by atoms with E-state index >= 15 is 0 Å². The summed E-state index contributed by atoms with van der Waals surface area (Å²) >= 11 is 0. The third-order valence-electron chi connectivity index (χ3n) is 3.37. The van der Waals surface area contributed by atoms with E-state index in [0.717, 1.165) is 13.1 Å². The maximum absolute atomic E-state index is 11.2. The molecule has 1 aliphatic heterocycles. The van der Waals surface area contributed by atoms with Crippen molar-refractivity contribution >= 4 is 5.97 Å². The average molecular weight is 229 g/mol. The molecule has 0 aromatic carbocycles. The van der Waals surface area contributed by atoms with Crippen LogP contribution in [0.2, 0.25) is 0 Å². The number of carboxylic acid groups (broad SMARTS) is 1. The van der Waals surface area contributed by atoms with Gasteiger partial charge in [0.05, 0.1) is 17.6 Å². The number of aliphatic carboxylic acids is 1. The van der Waals surface area contributed by atoms with Gasteiger partial charge in [-0.15, -0.1) is 0 Å². The van der Waals surface area contributed by atoms with Crippen LogP contribution in [0, 0.1) is 5.41 Å². The minimum atomic E-state index is -0.709. The number of nitrogens with zero attached hydrogens (tertiary/aromatic N) is 1. The van der Waals surface area contributed by atoms with Crippen LogP contribution < -0.4 is 0 Å². The maximum Gasteiger partial charge on any atom is 0.310 e. The maximum atomic E-state index is 11.2. The highest BCUT2D eigenvalue weighted by Gasteiger charge is 2.36. The Hall–Kier alpha value is -0.610. The van der Waals surface area contributed by atoms with Crippen molar-refractivity contribution in [3.63, 3.8) is 0 Å². The molecule has 16 heavy (non-hydrogen) atoms. The first-order chi connectivity index (χ1) is 7.29. The predicted octanol–water partition coefficient (Wildman–Crippen LogP) is 1.60. The lowest BCUT2D eigenvalue weighted by atomic mass is 9.86. The van der Waals surface area contributed by atoms with Crippen LogP contribution >= 0.6 is 0 Å². The van der Waals surface area contributed by atoms with E-state index in [1.165, 1.54) is 0 Å². The number of carbonyl (C=O) groups is 1. The Morgan fingerprint density at radius 2 is 2.19 bits per heavy atom. The van der Waals surface area contributed by atoms with Gasteiger partial charge in [-0.2, -0.15) is 0 Å². The highest BCUT2D eigenvalue weighted by molar-refractivity contribution is 5.74. The molecule has 94 valence electrons. The van der Waals surface area contributed by atoms with Gasteiger partial charge in [0.2, 0.25) is 0 Å². The number of hydrogen-bond donors (Lipinski definition) is 1. The molecule has 4 nitrogen and oxygen atoms in total. The van der Waals surface area contributed by atoms with Crippen LogP contribution in [0.1, 0.15) is 34.1 Å². The van der Waals surface area contributed by atoms with E-state index in [1.807, 2.05) is 27.7 Å². The van der Waals surface area contributed by atoms with Gasteiger partial charge in [0, 0.05) is 19.6 Å². The van der Waals surface area contributed by atoms with Crippen molar-refractivity contribution in [1.29, 1.82) is 0 Å². The van der Waals surface area contributed by atoms with Crippen LogP contribution in [-0.2, 0) is 9.53 Å². The van der Waals surface area contributed by atoms with E-state index in [-0.39, 0.29) is 5.60 Å². The molecular formula is C12H23NO3. The summed E-state index contributed by atoms with van der Waals surface area (Å²) in [7, 11) is 0. The molecule has 1 fully saturated rings. The predicted molar refractivity (Wildman–Crippen MR) is 62.5 cm³/mol. The van der Waals surface area contributed by atoms with Crippen molar-refractivity contribution in [3.05, 3.63) is 0 Å². The fourth-order valence-electron chi connectivity index (χ4n) is 2.07. The third kappa shape index (κ3) is 3.19. The molecule has 0 bridgehead atoms. The fourth-order valence-corrected chi connectivity index (χ4v) is 2.07. The molecule has 1 unspecified atom stereocenters. The molecule has 0 radical (unpaired) electrons. The smallest absolute Gasteiger partial charge is 0.310 e. The SMILES string of the molecule is CCC(C)(CN1CCOC(C)(C)C1)C(=O)O. The lowest BCUT2D eigenvalue weighted by Gasteiger charge is -2.41. The molecular weight excluding hydrogens is 206 g/mol. The molecule has 4 heteroatoms. The normalized spacial score (nSPS) is 25.0. The minimum absolute atomic E-state index is 0.161. The number of carboxylic acids is 1. The Labute approximate surface area is 97.6 Å². The van der Waals surface area contributed by atoms with Gasteiger partial charge in [0.25, 0.3) is 0 Å². The quantitative estimate of drug-likeness (QED) is 0.795. The Kier molecular flexibility index (Phi) is 3.97. The summed E-state index contributed by atoms with van der Waals surface area (Å²) in [6, 6.07) is 0. The molecule has 0 spiro atoms. The molecule has 1 atom stereocenters. The van der Waals surface area contributed by atoms with Gasteiger partial charge in [-0.1, -0.05) is 6.92 Å². The zero-order valence-electron chi connectivity index (χ0n) is 10.7. The first-order valence-electron chi connectivity index (χ1n) is 5.89. The second-order valence-electron chi connectivity index (χ2n) is 5.54. The lowest BCUT2D eigenvalue weighted by Crippen LogP contribution is -2.52. The zero-order chi connectivity index (χ0) is 12.4. The second-order valence-corrected chi connectivity index (χ2v) is 5.54. The van der Waals surface area contributed by atoms with Crippen molar-refractivity contribution in [3.8, 4) is 0 Å². The molecule has 0 aromatic rings. The van der Waals surface area contributed by atoms with Gasteiger partial charge in [0.1, 0.15) is 0 Å². The molecule has 0 aromatic heterocycles. The monoisotopic (exact) mass is 229 g/mol. The van der Waals surface area contributed by atoms with Crippen molar-refractivity contribution in [2.75, 3.05) is 26.2 Å². The number of morpholine rings is 1. The number of hydrogen-bond acceptors (Lipinski definition) is 3. The molecule has 0 aliphatic carbocycles. The van der Waals surface area contributed by atoms with Gasteiger partial charge in [-0.3, -0.25) is 9.69 Å². The van der Waals surface area contributed by atoms with Gasteiger partial charge in [-0.25, -0.2) is 0 Å². The van der Waals surface area contributed by atoms with E-state index in [4.69, 9.17) is 4.74 Å². The standard InChI is InChI=1S/C12H23NO3/c1-5-12(4,10(14)15)9-13-6-7-16-11(2,3)8-13/h5-9H2,1-4H3,(H,14,15). The van der Waals surface area contributed by atoms with E-state index in [9.17, 15) is 9.90 Å². The van der Waals surface area contributed by atoms with Gasteiger partial charge < -0.3 is 9.84 Å². The minimum Gasteiger partial charge on any atom is -0.481 e. The largest absolute Gasteiger partial charge is 0.481 e. The van der Waals surface area contributed by atoms with E-state index < -0.39 is 11.4 Å². The zero-order valence-corrected chi connectivity index (χ0v) is 10.7. The topological polar surface area (TPSA) is 49.8 Å². The lowest BCUT2D eigenvalue weighted by molar-refractivity contribution is -0.152. The molecule has 1 heterocycles. The van der Waals surface area contributed by atoms with Crippen molar-refractivity contribution < 1.29 is 14.6 Å². The van der Waals surface area contributed by atoms with Crippen LogP contribution in [0.15, 0.2) is 0 Å². The molecule has 0 amide bonds. The van der Waals surface area contributed by atoms with Crippen LogP contribution in [0.3, 0.4) is 0 Å². The van der Waals surface area contributed by atoms with Crippen LogP contribution in [-0.4, -0.2) is 47.8 Å². The summed E-state index contributed by atoms with van der Waals surface area (Å²) in [4.78, 5) is 13.4. The van der Waals surface area contributed by atoms with E-state index in [2.05, 4.69) is 4.90 Å². The Balaban J connectivity index is 2.62. The first-order valence-corrected chi connectivity index (χ1v) is 5.89. The average Bonchev–Trinajstić information content (AvgIpc) is 2.15. The van der Waals surface area contributed by atoms with Crippen LogP contribution in [0.4, 0.5) is 0 Å². The summed E-state index contributed by atoms with van der Waals surface area (Å²) in [6.45, 7) is 10.8. The van der Waals surface area contributed by atoms with Crippen molar-refractivity contribution in [2.24, 2.45) is 5.41 Å². The number of rotatable bonds is 4. The van der Waals surface area contributed by atoms with Crippen LogP contribution in [0.25, 0.3) is 0 Å². The third-order valence-corrected chi connectivity index (χ3v) is 3.37. The van der Waals surface area contributed by atoms with Gasteiger partial charge >= 0.3 is 5.97 Å². The van der Waals surface area contributed by atoms with E-state index in [1.54, 1.807) is 0 Å². The Morgan fingerprint density at radius 1 is 1.56 bits per heavy atom. The highest BCUT2D eigenvalue weighted by atomic mass is 16.5. The van der Waals surface area contributed by atoms with Crippen molar-refractivity contribution in [1.82, 2.24) is 4.90 Å². The highest BCUT2D eigenvalue weighted by Crippen LogP contribution is 2.26. The molecule has 1 rings (SSSR count).